The van der Waals surface area contributed by atoms with Gasteiger partial charge in [0.15, 0.2) is 0 Å². The van der Waals surface area contributed by atoms with Crippen LogP contribution in [0.5, 0.6) is 0 Å². The molecule has 0 amide bonds. The Balaban J connectivity index is 1.71. The van der Waals surface area contributed by atoms with Crippen molar-refractivity contribution in [1.82, 2.24) is 4.57 Å². The van der Waals surface area contributed by atoms with Crippen LogP contribution in [0.4, 0.5) is 0 Å². The van der Waals surface area contributed by atoms with Gasteiger partial charge < -0.3 is 8.99 Å². The second-order valence-electron chi connectivity index (χ2n) is 9.34. The first-order chi connectivity index (χ1) is 15.4. The molecule has 0 fully saturated rings. The van der Waals surface area contributed by atoms with Crippen molar-refractivity contribution in [3.63, 3.8) is 0 Å². The summed E-state index contributed by atoms with van der Waals surface area (Å²) in [5.74, 6) is 0. The van der Waals surface area contributed by atoms with Crippen LogP contribution >= 0.6 is 11.6 Å². The fourth-order valence-corrected chi connectivity index (χ4v) is 9.69. The number of halogens is 1. The minimum atomic E-state index is -2.51. The number of hydrogen-bond donors (Lipinski definition) is 0. The molecule has 0 unspecified atom stereocenters. The summed E-state index contributed by atoms with van der Waals surface area (Å²) in [5.41, 5.74) is 2.53. The van der Waals surface area contributed by atoms with Crippen LogP contribution in [-0.2, 0) is 17.4 Å². The van der Waals surface area contributed by atoms with Crippen LogP contribution in [0.2, 0.25) is 10.1 Å². The van der Waals surface area contributed by atoms with Crippen LogP contribution in [-0.4, -0.2) is 19.5 Å². The Morgan fingerprint density at radius 3 is 1.97 bits per heavy atom. The predicted molar refractivity (Wildman–Crippen MR) is 140 cm³/mol. The van der Waals surface area contributed by atoms with Crippen molar-refractivity contribution in [2.75, 3.05) is 6.61 Å². The molecule has 1 heterocycles. The van der Waals surface area contributed by atoms with Crippen LogP contribution in [0.3, 0.4) is 0 Å². The first-order valence-corrected chi connectivity index (χ1v) is 13.7. The maximum absolute atomic E-state index is 7.09. The van der Waals surface area contributed by atoms with Gasteiger partial charge in [0, 0.05) is 41.2 Å². The van der Waals surface area contributed by atoms with E-state index in [0.29, 0.717) is 6.61 Å². The molecule has 4 heteroatoms. The molecule has 1 aromatic heterocycles. The highest BCUT2D eigenvalue weighted by Gasteiger charge is 2.50. The Labute approximate surface area is 197 Å². The summed E-state index contributed by atoms with van der Waals surface area (Å²) in [6.45, 7) is 10.8. The number of aromatic nitrogens is 1. The molecule has 4 rings (SSSR count). The third-order valence-electron chi connectivity index (χ3n) is 6.36. The Kier molecular flexibility index (Phi) is 6.61. The number of hydrogen-bond acceptors (Lipinski definition) is 1. The molecule has 0 radical (unpaired) electrons. The Morgan fingerprint density at radius 1 is 0.844 bits per heavy atom. The molecular weight excluding hydrogens is 430 g/mol. The molecule has 0 N–H and O–H groups in total. The normalized spacial score (nSPS) is 12.4. The second kappa shape index (κ2) is 9.26. The van der Waals surface area contributed by atoms with Gasteiger partial charge >= 0.3 is 0 Å². The van der Waals surface area contributed by atoms with E-state index in [1.54, 1.807) is 0 Å². The zero-order valence-electron chi connectivity index (χ0n) is 19.4. The third kappa shape index (κ3) is 4.17. The van der Waals surface area contributed by atoms with Crippen molar-refractivity contribution in [2.45, 2.75) is 45.7 Å². The van der Waals surface area contributed by atoms with E-state index in [1.807, 2.05) is 6.07 Å². The molecule has 3 aromatic carbocycles. The van der Waals surface area contributed by atoms with Crippen molar-refractivity contribution in [3.05, 3.63) is 95.6 Å². The van der Waals surface area contributed by atoms with Gasteiger partial charge in [-0.3, -0.25) is 0 Å². The molecule has 0 bridgehead atoms. The molecule has 2 nitrogen and oxygen atoms in total. The zero-order chi connectivity index (χ0) is 22.8. The van der Waals surface area contributed by atoms with Gasteiger partial charge in [-0.15, -0.1) is 0 Å². The summed E-state index contributed by atoms with van der Waals surface area (Å²) in [6, 6.07) is 30.1. The molecule has 0 atom stereocenters. The van der Waals surface area contributed by atoms with Crippen LogP contribution < -0.4 is 10.4 Å². The SMILES string of the molecule is CCn1c(CCO[Si](c2ccccc2)(c2ccccc2)C(C)(C)C)cc2cc(Cl)ccc21. The van der Waals surface area contributed by atoms with Gasteiger partial charge in [-0.1, -0.05) is 93.0 Å². The fraction of sp³-hybridized carbons (Fsp3) is 0.286. The zero-order valence-corrected chi connectivity index (χ0v) is 21.2. The molecule has 166 valence electrons. The summed E-state index contributed by atoms with van der Waals surface area (Å²) in [4.78, 5) is 0. The van der Waals surface area contributed by atoms with Gasteiger partial charge in [-0.05, 0) is 46.6 Å². The van der Waals surface area contributed by atoms with Crippen molar-refractivity contribution < 1.29 is 4.43 Å². The highest BCUT2D eigenvalue weighted by Crippen LogP contribution is 2.37. The molecule has 4 aromatic rings. The molecule has 0 spiro atoms. The highest BCUT2D eigenvalue weighted by atomic mass is 35.5. The van der Waals surface area contributed by atoms with Crippen LogP contribution in [0, 0.1) is 0 Å². The number of nitrogens with zero attached hydrogens (tertiary/aromatic N) is 1. The summed E-state index contributed by atoms with van der Waals surface area (Å²) in [5, 5.41) is 4.60. The van der Waals surface area contributed by atoms with E-state index in [2.05, 4.69) is 111 Å². The van der Waals surface area contributed by atoms with Gasteiger partial charge in [0.05, 0.1) is 0 Å². The lowest BCUT2D eigenvalue weighted by Gasteiger charge is -2.43. The van der Waals surface area contributed by atoms with Gasteiger partial charge in [0.25, 0.3) is 8.32 Å². The Hall–Kier alpha value is -2.33. The number of aryl methyl sites for hydroxylation is 1. The Morgan fingerprint density at radius 2 is 1.44 bits per heavy atom. The van der Waals surface area contributed by atoms with E-state index in [4.69, 9.17) is 16.0 Å². The third-order valence-corrected chi connectivity index (χ3v) is 11.6. The number of rotatable bonds is 7. The summed E-state index contributed by atoms with van der Waals surface area (Å²) in [6.07, 6.45) is 0.866. The van der Waals surface area contributed by atoms with E-state index in [9.17, 15) is 0 Å². The molecule has 0 aliphatic heterocycles. The van der Waals surface area contributed by atoms with Gasteiger partial charge in [-0.2, -0.15) is 0 Å². The Bertz CT molecular complexity index is 1140. The van der Waals surface area contributed by atoms with Gasteiger partial charge in [0.1, 0.15) is 0 Å². The molecule has 0 saturated heterocycles. The maximum Gasteiger partial charge on any atom is 0.261 e. The smallest absolute Gasteiger partial charge is 0.261 e. The average Bonchev–Trinajstić information content (AvgIpc) is 3.13. The van der Waals surface area contributed by atoms with Crippen LogP contribution in [0.15, 0.2) is 84.9 Å². The van der Waals surface area contributed by atoms with Crippen LogP contribution in [0.25, 0.3) is 10.9 Å². The molecule has 0 saturated carbocycles. The molecular formula is C28H32ClNOSi. The molecule has 0 aliphatic rings. The van der Waals surface area contributed by atoms with E-state index < -0.39 is 8.32 Å². The quantitative estimate of drug-likeness (QED) is 0.289. The second-order valence-corrected chi connectivity index (χ2v) is 14.1. The topological polar surface area (TPSA) is 14.2 Å². The van der Waals surface area contributed by atoms with Crippen molar-refractivity contribution >= 4 is 41.2 Å². The monoisotopic (exact) mass is 461 g/mol. The lowest BCUT2D eigenvalue weighted by atomic mass is 10.2. The van der Waals surface area contributed by atoms with Crippen molar-refractivity contribution in [1.29, 1.82) is 0 Å². The van der Waals surface area contributed by atoms with E-state index in [-0.39, 0.29) is 5.04 Å². The minimum Gasteiger partial charge on any atom is -0.407 e. The number of benzene rings is 3. The first-order valence-electron chi connectivity index (χ1n) is 11.4. The minimum absolute atomic E-state index is 0.0132. The summed E-state index contributed by atoms with van der Waals surface area (Å²) < 4.78 is 9.46. The largest absolute Gasteiger partial charge is 0.407 e. The summed E-state index contributed by atoms with van der Waals surface area (Å²) in [7, 11) is -2.51. The summed E-state index contributed by atoms with van der Waals surface area (Å²) >= 11 is 6.25. The van der Waals surface area contributed by atoms with E-state index >= 15 is 0 Å². The van der Waals surface area contributed by atoms with Crippen molar-refractivity contribution in [2.24, 2.45) is 0 Å². The van der Waals surface area contributed by atoms with E-state index in [1.165, 1.54) is 27.0 Å². The van der Waals surface area contributed by atoms with Crippen molar-refractivity contribution in [3.8, 4) is 0 Å². The maximum atomic E-state index is 7.09. The van der Waals surface area contributed by atoms with E-state index in [0.717, 1.165) is 18.0 Å². The predicted octanol–water partition coefficient (Wildman–Crippen LogP) is 6.43. The standard InChI is InChI=1S/C28H32ClNOSi/c1-5-30-24(21-22-20-23(29)16-17-27(22)30)18-19-31-32(28(2,3)4,25-12-8-6-9-13-25)26-14-10-7-11-15-26/h6-17,20-21H,5,18-19H2,1-4H3. The fourth-order valence-electron chi connectivity index (χ4n) is 4.95. The highest BCUT2D eigenvalue weighted by molar-refractivity contribution is 6.99. The van der Waals surface area contributed by atoms with Crippen LogP contribution in [0.1, 0.15) is 33.4 Å². The van der Waals surface area contributed by atoms with Gasteiger partial charge in [0.2, 0.25) is 0 Å². The lowest BCUT2D eigenvalue weighted by molar-refractivity contribution is 0.299. The molecule has 32 heavy (non-hydrogen) atoms. The average molecular weight is 462 g/mol. The number of fused-ring (bicyclic) bond motifs is 1. The molecule has 0 aliphatic carbocycles. The first kappa shape index (κ1) is 22.8. The lowest BCUT2D eigenvalue weighted by Crippen LogP contribution is -2.66. The van der Waals surface area contributed by atoms with Gasteiger partial charge in [-0.25, -0.2) is 0 Å².